The molecule has 5 nitrogen and oxygen atoms in total. The molecule has 0 aliphatic carbocycles. The van der Waals surface area contributed by atoms with Crippen molar-refractivity contribution in [1.82, 2.24) is 9.97 Å². The molecule has 4 rings (SSSR count). The standard InChI is InChI=1S/C22H18Cl2N2O3S/c1-11-19(13-5-6-14(23)15(24)10-13)20-21(27)25-18(26-22(20)30-11)9-12-4-7-16(28-2)17(8-12)29-3/h4-8,10H,9H2,1-3H3,(H,25,26,27). The van der Waals surface area contributed by atoms with Gasteiger partial charge in [0.25, 0.3) is 5.56 Å². The molecule has 0 saturated carbocycles. The summed E-state index contributed by atoms with van der Waals surface area (Å²) in [5.74, 6) is 1.87. The second-order valence-electron chi connectivity index (χ2n) is 6.72. The van der Waals surface area contributed by atoms with Gasteiger partial charge >= 0.3 is 0 Å². The van der Waals surface area contributed by atoms with Crippen LogP contribution in [0.4, 0.5) is 0 Å². The molecular formula is C22H18Cl2N2O3S. The minimum absolute atomic E-state index is 0.180. The summed E-state index contributed by atoms with van der Waals surface area (Å²) >= 11 is 13.7. The Morgan fingerprint density at radius 1 is 1.03 bits per heavy atom. The van der Waals surface area contributed by atoms with Gasteiger partial charge in [-0.3, -0.25) is 4.79 Å². The van der Waals surface area contributed by atoms with Crippen LogP contribution in [0, 0.1) is 6.92 Å². The zero-order valence-corrected chi connectivity index (χ0v) is 18.8. The summed E-state index contributed by atoms with van der Waals surface area (Å²) in [7, 11) is 3.18. The number of nitrogens with one attached hydrogen (secondary N) is 1. The van der Waals surface area contributed by atoms with Gasteiger partial charge in [0.2, 0.25) is 0 Å². The number of hydrogen-bond donors (Lipinski definition) is 1. The molecule has 2 heterocycles. The lowest BCUT2D eigenvalue weighted by molar-refractivity contribution is 0.354. The first kappa shape index (κ1) is 20.7. The number of H-pyrrole nitrogens is 1. The average Bonchev–Trinajstić information content (AvgIpc) is 3.06. The van der Waals surface area contributed by atoms with Crippen LogP contribution in [0.1, 0.15) is 16.3 Å². The Morgan fingerprint density at radius 2 is 1.80 bits per heavy atom. The molecule has 2 aromatic carbocycles. The minimum atomic E-state index is -0.180. The number of hydrogen-bond acceptors (Lipinski definition) is 5. The van der Waals surface area contributed by atoms with E-state index in [0.717, 1.165) is 21.6 Å². The van der Waals surface area contributed by atoms with Gasteiger partial charge in [0.05, 0.1) is 29.7 Å². The van der Waals surface area contributed by atoms with Crippen LogP contribution >= 0.6 is 34.5 Å². The third kappa shape index (κ3) is 3.78. The number of fused-ring (bicyclic) bond motifs is 1. The highest BCUT2D eigenvalue weighted by atomic mass is 35.5. The quantitative estimate of drug-likeness (QED) is 0.404. The highest BCUT2D eigenvalue weighted by Gasteiger charge is 2.18. The number of aromatic nitrogens is 2. The largest absolute Gasteiger partial charge is 0.493 e. The lowest BCUT2D eigenvalue weighted by Crippen LogP contribution is -2.12. The fourth-order valence-electron chi connectivity index (χ4n) is 3.43. The number of thiophene rings is 1. The molecule has 0 amide bonds. The van der Waals surface area contributed by atoms with Crippen molar-refractivity contribution in [3.8, 4) is 22.6 Å². The predicted molar refractivity (Wildman–Crippen MR) is 123 cm³/mol. The van der Waals surface area contributed by atoms with Gasteiger partial charge in [0, 0.05) is 16.9 Å². The van der Waals surface area contributed by atoms with Crippen LogP contribution < -0.4 is 15.0 Å². The lowest BCUT2D eigenvalue weighted by atomic mass is 10.0. The molecule has 1 N–H and O–H groups in total. The zero-order chi connectivity index (χ0) is 21.4. The van der Waals surface area contributed by atoms with Crippen molar-refractivity contribution < 1.29 is 9.47 Å². The topological polar surface area (TPSA) is 64.2 Å². The molecule has 30 heavy (non-hydrogen) atoms. The Hall–Kier alpha value is -2.54. The smallest absolute Gasteiger partial charge is 0.260 e. The van der Waals surface area contributed by atoms with Gasteiger partial charge in [-0.1, -0.05) is 35.3 Å². The van der Waals surface area contributed by atoms with Gasteiger partial charge in [-0.25, -0.2) is 4.98 Å². The Kier molecular flexibility index (Phi) is 5.73. The first-order valence-corrected chi connectivity index (χ1v) is 10.7. The van der Waals surface area contributed by atoms with E-state index in [4.69, 9.17) is 37.7 Å². The van der Waals surface area contributed by atoms with E-state index in [2.05, 4.69) is 4.98 Å². The summed E-state index contributed by atoms with van der Waals surface area (Å²) in [6.45, 7) is 1.97. The average molecular weight is 461 g/mol. The summed E-state index contributed by atoms with van der Waals surface area (Å²) in [6.07, 6.45) is 0.463. The zero-order valence-electron chi connectivity index (χ0n) is 16.5. The van der Waals surface area contributed by atoms with E-state index in [9.17, 15) is 4.79 Å². The molecule has 0 unspecified atom stereocenters. The first-order chi connectivity index (χ1) is 14.4. The second kappa shape index (κ2) is 8.30. The maximum atomic E-state index is 13.0. The molecule has 0 saturated heterocycles. The maximum absolute atomic E-state index is 13.0. The predicted octanol–water partition coefficient (Wildman–Crippen LogP) is 5.87. The Morgan fingerprint density at radius 3 is 2.50 bits per heavy atom. The van der Waals surface area contributed by atoms with Crippen LogP contribution in [0.15, 0.2) is 41.2 Å². The van der Waals surface area contributed by atoms with Crippen LogP contribution in [-0.2, 0) is 6.42 Å². The van der Waals surface area contributed by atoms with Gasteiger partial charge in [0.1, 0.15) is 10.7 Å². The van der Waals surface area contributed by atoms with Crippen LogP contribution in [0.2, 0.25) is 10.0 Å². The van der Waals surface area contributed by atoms with E-state index in [1.54, 1.807) is 26.4 Å². The molecule has 2 aromatic heterocycles. The molecule has 0 bridgehead atoms. The van der Waals surface area contributed by atoms with E-state index in [0.29, 0.717) is 44.0 Å². The minimum Gasteiger partial charge on any atom is -0.493 e. The van der Waals surface area contributed by atoms with E-state index in [-0.39, 0.29) is 5.56 Å². The summed E-state index contributed by atoms with van der Waals surface area (Å²) < 4.78 is 10.6. The normalized spacial score (nSPS) is 11.1. The van der Waals surface area contributed by atoms with Crippen molar-refractivity contribution >= 4 is 44.8 Å². The number of aryl methyl sites for hydroxylation is 1. The number of rotatable bonds is 5. The summed E-state index contributed by atoms with van der Waals surface area (Å²) in [5.41, 5.74) is 2.45. The number of ether oxygens (including phenoxy) is 2. The molecule has 154 valence electrons. The summed E-state index contributed by atoms with van der Waals surface area (Å²) in [5, 5.41) is 1.48. The number of nitrogens with zero attached hydrogens (tertiary/aromatic N) is 1. The molecular weight excluding hydrogens is 443 g/mol. The molecule has 4 aromatic rings. The van der Waals surface area contributed by atoms with Crippen LogP contribution in [0.25, 0.3) is 21.3 Å². The van der Waals surface area contributed by atoms with Crippen LogP contribution in [0.5, 0.6) is 11.5 Å². The highest BCUT2D eigenvalue weighted by Crippen LogP contribution is 2.38. The number of aromatic amines is 1. The van der Waals surface area contributed by atoms with Crippen molar-refractivity contribution in [2.75, 3.05) is 14.2 Å². The Bertz CT molecular complexity index is 1310. The van der Waals surface area contributed by atoms with E-state index in [1.165, 1.54) is 11.3 Å². The van der Waals surface area contributed by atoms with Gasteiger partial charge in [-0.05, 0) is 42.3 Å². The molecule has 0 aliphatic rings. The Labute approximate surface area is 187 Å². The van der Waals surface area contributed by atoms with Gasteiger partial charge < -0.3 is 14.5 Å². The SMILES string of the molecule is COc1ccc(Cc2nc3sc(C)c(-c4ccc(Cl)c(Cl)c4)c3c(=O)[nH]2)cc1OC. The lowest BCUT2D eigenvalue weighted by Gasteiger charge is -2.09. The third-order valence-electron chi connectivity index (χ3n) is 4.81. The monoisotopic (exact) mass is 460 g/mol. The number of methoxy groups -OCH3 is 2. The van der Waals surface area contributed by atoms with Crippen molar-refractivity contribution in [2.45, 2.75) is 13.3 Å². The van der Waals surface area contributed by atoms with E-state index < -0.39 is 0 Å². The van der Waals surface area contributed by atoms with Gasteiger partial charge in [0.15, 0.2) is 11.5 Å². The molecule has 0 fully saturated rings. The molecule has 0 radical (unpaired) electrons. The highest BCUT2D eigenvalue weighted by molar-refractivity contribution is 7.19. The second-order valence-corrected chi connectivity index (χ2v) is 8.74. The Balaban J connectivity index is 1.77. The van der Waals surface area contributed by atoms with Crippen LogP contribution in [0.3, 0.4) is 0 Å². The van der Waals surface area contributed by atoms with E-state index >= 15 is 0 Å². The van der Waals surface area contributed by atoms with Gasteiger partial charge in [-0.2, -0.15) is 0 Å². The van der Waals surface area contributed by atoms with Crippen molar-refractivity contribution in [2.24, 2.45) is 0 Å². The molecule has 0 spiro atoms. The van der Waals surface area contributed by atoms with Crippen molar-refractivity contribution in [3.05, 3.63) is 73.1 Å². The third-order valence-corrected chi connectivity index (χ3v) is 6.55. The molecule has 8 heteroatoms. The van der Waals surface area contributed by atoms with Crippen molar-refractivity contribution in [3.63, 3.8) is 0 Å². The maximum Gasteiger partial charge on any atom is 0.260 e. The number of benzene rings is 2. The number of halogens is 2. The fourth-order valence-corrected chi connectivity index (χ4v) is 4.79. The fraction of sp³-hybridized carbons (Fsp3) is 0.182. The molecule has 0 atom stereocenters. The summed E-state index contributed by atoms with van der Waals surface area (Å²) in [6, 6.07) is 11.0. The van der Waals surface area contributed by atoms with Crippen LogP contribution in [-0.4, -0.2) is 24.2 Å². The first-order valence-electron chi connectivity index (χ1n) is 9.10. The van der Waals surface area contributed by atoms with Gasteiger partial charge in [-0.15, -0.1) is 11.3 Å². The van der Waals surface area contributed by atoms with Crippen molar-refractivity contribution in [1.29, 1.82) is 0 Å². The van der Waals surface area contributed by atoms with E-state index in [1.807, 2.05) is 31.2 Å². The molecule has 0 aliphatic heterocycles. The summed E-state index contributed by atoms with van der Waals surface area (Å²) in [4.78, 5) is 22.3.